The molecule has 0 aliphatic heterocycles. The molecule has 4 aliphatic rings. The van der Waals surface area contributed by atoms with Crippen LogP contribution in [-0.2, 0) is 0 Å². The van der Waals surface area contributed by atoms with Crippen molar-refractivity contribution in [3.05, 3.63) is 0 Å². The molecule has 4 bridgehead atoms. The van der Waals surface area contributed by atoms with Crippen LogP contribution in [0.2, 0.25) is 0 Å². The molecular formula is C17H28N2. The summed E-state index contributed by atoms with van der Waals surface area (Å²) in [5.74, 6) is 5.23. The van der Waals surface area contributed by atoms with E-state index in [1.807, 2.05) is 0 Å². The summed E-state index contributed by atoms with van der Waals surface area (Å²) in [7, 11) is 0. The van der Waals surface area contributed by atoms with E-state index in [-0.39, 0.29) is 5.54 Å². The van der Waals surface area contributed by atoms with E-state index >= 15 is 0 Å². The number of nitriles is 1. The predicted molar refractivity (Wildman–Crippen MR) is 77.4 cm³/mol. The molecule has 0 spiro atoms. The van der Waals surface area contributed by atoms with Crippen LogP contribution in [0, 0.1) is 46.8 Å². The molecule has 0 aromatic rings. The maximum absolute atomic E-state index is 9.42. The van der Waals surface area contributed by atoms with E-state index in [0.29, 0.717) is 5.92 Å². The maximum Gasteiger partial charge on any atom is 0.106 e. The van der Waals surface area contributed by atoms with Crippen LogP contribution in [-0.4, -0.2) is 12.1 Å². The second-order valence-corrected chi connectivity index (χ2v) is 7.94. The molecule has 4 saturated carbocycles. The van der Waals surface area contributed by atoms with Gasteiger partial charge in [-0.05, 0) is 81.1 Å². The molecule has 0 amide bonds. The lowest BCUT2D eigenvalue weighted by molar-refractivity contribution is -0.0376. The average Bonchev–Trinajstić information content (AvgIpc) is 2.36. The SMILES string of the molecule is CC(C)C(C)(C#N)NCC1C2CC3CC(C2)CC1C3. The molecule has 4 aliphatic carbocycles. The Morgan fingerprint density at radius 3 is 2.05 bits per heavy atom. The van der Waals surface area contributed by atoms with Gasteiger partial charge in [-0.15, -0.1) is 0 Å². The Hall–Kier alpha value is -0.550. The van der Waals surface area contributed by atoms with Crippen LogP contribution in [0.3, 0.4) is 0 Å². The van der Waals surface area contributed by atoms with Crippen molar-refractivity contribution < 1.29 is 0 Å². The largest absolute Gasteiger partial charge is 0.299 e. The molecule has 0 saturated heterocycles. The molecule has 106 valence electrons. The van der Waals surface area contributed by atoms with Gasteiger partial charge >= 0.3 is 0 Å². The molecule has 1 N–H and O–H groups in total. The minimum absolute atomic E-state index is 0.353. The lowest BCUT2D eigenvalue weighted by Crippen LogP contribution is -2.53. The van der Waals surface area contributed by atoms with Crippen molar-refractivity contribution in [1.82, 2.24) is 5.32 Å². The molecule has 0 aromatic carbocycles. The van der Waals surface area contributed by atoms with Gasteiger partial charge in [-0.3, -0.25) is 5.32 Å². The second kappa shape index (κ2) is 4.77. The van der Waals surface area contributed by atoms with Crippen LogP contribution in [0.15, 0.2) is 0 Å². The van der Waals surface area contributed by atoms with Gasteiger partial charge < -0.3 is 0 Å². The van der Waals surface area contributed by atoms with Gasteiger partial charge in [0.25, 0.3) is 0 Å². The fourth-order valence-electron chi connectivity index (χ4n) is 5.07. The molecule has 1 atom stereocenters. The first-order chi connectivity index (χ1) is 9.01. The minimum atomic E-state index is -0.353. The van der Waals surface area contributed by atoms with Crippen LogP contribution in [0.25, 0.3) is 0 Å². The number of nitrogens with zero attached hydrogens (tertiary/aromatic N) is 1. The summed E-state index contributed by atoms with van der Waals surface area (Å²) in [6.45, 7) is 7.42. The summed E-state index contributed by atoms with van der Waals surface area (Å²) >= 11 is 0. The van der Waals surface area contributed by atoms with Crippen LogP contribution in [0.1, 0.15) is 52.9 Å². The zero-order valence-corrected chi connectivity index (χ0v) is 12.7. The third-order valence-electron chi connectivity index (χ3n) is 6.51. The van der Waals surface area contributed by atoms with Crippen molar-refractivity contribution in [3.8, 4) is 6.07 Å². The van der Waals surface area contributed by atoms with Crippen LogP contribution >= 0.6 is 0 Å². The molecular weight excluding hydrogens is 232 g/mol. The molecule has 0 aromatic heterocycles. The Bertz CT molecular complexity index is 353. The molecule has 2 nitrogen and oxygen atoms in total. The van der Waals surface area contributed by atoms with Crippen LogP contribution in [0.4, 0.5) is 0 Å². The molecule has 1 unspecified atom stereocenters. The summed E-state index contributed by atoms with van der Waals surface area (Å²) in [6.07, 6.45) is 7.43. The predicted octanol–water partition coefficient (Wildman–Crippen LogP) is 3.59. The summed E-state index contributed by atoms with van der Waals surface area (Å²) in [6, 6.07) is 2.49. The van der Waals surface area contributed by atoms with E-state index in [9.17, 15) is 5.26 Å². The fraction of sp³-hybridized carbons (Fsp3) is 0.941. The molecule has 19 heavy (non-hydrogen) atoms. The first-order valence-electron chi connectivity index (χ1n) is 8.18. The highest BCUT2D eigenvalue weighted by Crippen LogP contribution is 2.56. The maximum atomic E-state index is 9.42. The van der Waals surface area contributed by atoms with Crippen molar-refractivity contribution in [2.24, 2.45) is 35.5 Å². The number of hydrogen-bond donors (Lipinski definition) is 1. The zero-order chi connectivity index (χ0) is 13.6. The Kier molecular flexibility index (Phi) is 3.38. The van der Waals surface area contributed by atoms with Crippen LogP contribution in [0.5, 0.6) is 0 Å². The first kappa shape index (κ1) is 13.4. The van der Waals surface area contributed by atoms with Gasteiger partial charge in [0.1, 0.15) is 5.54 Å². The number of rotatable bonds is 4. The van der Waals surface area contributed by atoms with Crippen LogP contribution < -0.4 is 5.32 Å². The van der Waals surface area contributed by atoms with Gasteiger partial charge in [-0.25, -0.2) is 0 Å². The van der Waals surface area contributed by atoms with Gasteiger partial charge in [0.05, 0.1) is 6.07 Å². The van der Waals surface area contributed by atoms with Gasteiger partial charge in [0.15, 0.2) is 0 Å². The molecule has 4 rings (SSSR count). The second-order valence-electron chi connectivity index (χ2n) is 7.94. The van der Waals surface area contributed by atoms with E-state index in [0.717, 1.165) is 36.1 Å². The van der Waals surface area contributed by atoms with Crippen molar-refractivity contribution in [2.75, 3.05) is 6.54 Å². The summed E-state index contributed by atoms with van der Waals surface area (Å²) < 4.78 is 0. The lowest BCUT2D eigenvalue weighted by Gasteiger charge is -2.55. The number of hydrogen-bond acceptors (Lipinski definition) is 2. The Morgan fingerprint density at radius 1 is 1.11 bits per heavy atom. The minimum Gasteiger partial charge on any atom is -0.299 e. The van der Waals surface area contributed by atoms with Gasteiger partial charge in [0, 0.05) is 0 Å². The first-order valence-corrected chi connectivity index (χ1v) is 8.18. The van der Waals surface area contributed by atoms with Crippen molar-refractivity contribution in [1.29, 1.82) is 5.26 Å². The van der Waals surface area contributed by atoms with Crippen molar-refractivity contribution in [2.45, 2.75) is 58.4 Å². The Morgan fingerprint density at radius 2 is 1.63 bits per heavy atom. The van der Waals surface area contributed by atoms with E-state index < -0.39 is 0 Å². The normalized spacial score (nSPS) is 43.2. The Labute approximate surface area is 118 Å². The highest BCUT2D eigenvalue weighted by Gasteiger charge is 2.48. The molecule has 0 heterocycles. The highest BCUT2D eigenvalue weighted by atomic mass is 15.0. The fourth-order valence-corrected chi connectivity index (χ4v) is 5.07. The number of nitrogens with one attached hydrogen (secondary N) is 1. The highest BCUT2D eigenvalue weighted by molar-refractivity contribution is 5.07. The quantitative estimate of drug-likeness (QED) is 0.838. The van der Waals surface area contributed by atoms with Crippen molar-refractivity contribution in [3.63, 3.8) is 0 Å². The standard InChI is InChI=1S/C17H28N2/c1-11(2)17(3,10-18)19-9-16-14-5-12-4-13(7-14)8-15(16)6-12/h11-16,19H,4-9H2,1-3H3. The third kappa shape index (κ3) is 2.31. The van der Waals surface area contributed by atoms with E-state index in [4.69, 9.17) is 0 Å². The van der Waals surface area contributed by atoms with Gasteiger partial charge in [-0.2, -0.15) is 5.26 Å². The van der Waals surface area contributed by atoms with E-state index in [1.165, 1.54) is 32.1 Å². The van der Waals surface area contributed by atoms with Gasteiger partial charge in [0.2, 0.25) is 0 Å². The summed E-state index contributed by atoms with van der Waals surface area (Å²) in [4.78, 5) is 0. The van der Waals surface area contributed by atoms with E-state index in [1.54, 1.807) is 0 Å². The summed E-state index contributed by atoms with van der Waals surface area (Å²) in [5.41, 5.74) is -0.353. The summed E-state index contributed by atoms with van der Waals surface area (Å²) in [5, 5.41) is 13.0. The monoisotopic (exact) mass is 260 g/mol. The molecule has 2 heteroatoms. The third-order valence-corrected chi connectivity index (χ3v) is 6.51. The molecule has 4 fully saturated rings. The smallest absolute Gasteiger partial charge is 0.106 e. The Balaban J connectivity index is 1.63. The van der Waals surface area contributed by atoms with Gasteiger partial charge in [-0.1, -0.05) is 13.8 Å². The lowest BCUT2D eigenvalue weighted by atomic mass is 9.52. The van der Waals surface area contributed by atoms with Crippen molar-refractivity contribution >= 4 is 0 Å². The zero-order valence-electron chi connectivity index (χ0n) is 12.7. The topological polar surface area (TPSA) is 35.8 Å². The molecule has 0 radical (unpaired) electrons. The van der Waals surface area contributed by atoms with E-state index in [2.05, 4.69) is 32.2 Å². The average molecular weight is 260 g/mol.